The van der Waals surface area contributed by atoms with Gasteiger partial charge in [-0.2, -0.15) is 8.78 Å². The second-order valence-electron chi connectivity index (χ2n) is 7.23. The molecule has 136 valence electrons. The van der Waals surface area contributed by atoms with Gasteiger partial charge in [0.15, 0.2) is 0 Å². The molecule has 0 spiro atoms. The van der Waals surface area contributed by atoms with E-state index in [1.807, 2.05) is 0 Å². The number of likely N-dealkylation sites (tertiary alicyclic amines) is 1. The Bertz CT molecular complexity index is 516. The van der Waals surface area contributed by atoms with E-state index in [0.29, 0.717) is 25.7 Å². The maximum Gasteiger partial charge on any atom is 0.352 e. The highest BCUT2D eigenvalue weighted by atomic mass is 19.3. The Morgan fingerprint density at radius 1 is 1.17 bits per heavy atom. The van der Waals surface area contributed by atoms with Crippen LogP contribution in [0.25, 0.3) is 0 Å². The summed E-state index contributed by atoms with van der Waals surface area (Å²) >= 11 is 0. The van der Waals surface area contributed by atoms with Crippen LogP contribution in [0.5, 0.6) is 0 Å². The molecule has 3 rings (SSSR count). The monoisotopic (exact) mass is 346 g/mol. The summed E-state index contributed by atoms with van der Waals surface area (Å²) in [5.41, 5.74) is 3.06. The van der Waals surface area contributed by atoms with Crippen molar-refractivity contribution in [2.24, 2.45) is 11.7 Å². The zero-order valence-electron chi connectivity index (χ0n) is 13.5. The maximum absolute atomic E-state index is 14.3. The van der Waals surface area contributed by atoms with Gasteiger partial charge in [0, 0.05) is 13.1 Å². The SMILES string of the molecule is NC(=O)[C@H]1CC[C@@H](C2CCN(C(=O)C(F)(F)C3(O)CCC3)CC2)O1. The number of aliphatic hydroxyl groups is 1. The van der Waals surface area contributed by atoms with Gasteiger partial charge in [-0.15, -0.1) is 0 Å². The largest absolute Gasteiger partial charge is 0.383 e. The topological polar surface area (TPSA) is 92.9 Å². The average molecular weight is 346 g/mol. The van der Waals surface area contributed by atoms with Gasteiger partial charge in [0.05, 0.1) is 6.10 Å². The lowest BCUT2D eigenvalue weighted by Gasteiger charge is -2.44. The van der Waals surface area contributed by atoms with Crippen LogP contribution in [0.1, 0.15) is 44.9 Å². The van der Waals surface area contributed by atoms with E-state index >= 15 is 0 Å². The summed E-state index contributed by atoms with van der Waals surface area (Å²) in [7, 11) is 0. The highest BCUT2D eigenvalue weighted by Gasteiger charge is 2.62. The molecule has 3 fully saturated rings. The standard InChI is InChI=1S/C16H24F2N2O4/c17-16(18,15(23)6-1-7-15)14(22)20-8-4-10(5-9-20)11-2-3-12(24-11)13(19)21/h10-12,23H,1-9H2,(H2,19,21)/t11-,12+/m0/s1. The number of carbonyl (C=O) groups is 2. The zero-order valence-corrected chi connectivity index (χ0v) is 13.5. The third kappa shape index (κ3) is 2.90. The molecule has 0 bridgehead atoms. The quantitative estimate of drug-likeness (QED) is 0.788. The first-order valence-corrected chi connectivity index (χ1v) is 8.59. The molecule has 0 aromatic heterocycles. The van der Waals surface area contributed by atoms with Crippen LogP contribution in [-0.2, 0) is 14.3 Å². The van der Waals surface area contributed by atoms with Gasteiger partial charge >= 0.3 is 5.92 Å². The zero-order chi connectivity index (χ0) is 17.5. The van der Waals surface area contributed by atoms with Gasteiger partial charge in [0.2, 0.25) is 5.91 Å². The van der Waals surface area contributed by atoms with Crippen molar-refractivity contribution in [1.29, 1.82) is 0 Å². The third-order valence-electron chi connectivity index (χ3n) is 5.76. The van der Waals surface area contributed by atoms with Gasteiger partial charge in [-0.25, -0.2) is 0 Å². The van der Waals surface area contributed by atoms with Crippen molar-refractivity contribution >= 4 is 11.8 Å². The van der Waals surface area contributed by atoms with Gasteiger partial charge in [-0.3, -0.25) is 9.59 Å². The molecule has 0 aromatic carbocycles. The Morgan fingerprint density at radius 2 is 1.79 bits per heavy atom. The van der Waals surface area contributed by atoms with Crippen molar-refractivity contribution in [2.75, 3.05) is 13.1 Å². The molecule has 3 N–H and O–H groups in total. The summed E-state index contributed by atoms with van der Waals surface area (Å²) < 4.78 is 34.1. The second-order valence-corrected chi connectivity index (χ2v) is 7.23. The number of nitrogens with two attached hydrogens (primary N) is 1. The van der Waals surface area contributed by atoms with E-state index < -0.39 is 29.4 Å². The summed E-state index contributed by atoms with van der Waals surface area (Å²) in [6.45, 7) is 0.437. The van der Waals surface area contributed by atoms with E-state index in [1.165, 1.54) is 0 Å². The van der Waals surface area contributed by atoms with Gasteiger partial charge in [-0.1, -0.05) is 0 Å². The van der Waals surface area contributed by atoms with Crippen molar-refractivity contribution in [3.8, 4) is 0 Å². The molecule has 24 heavy (non-hydrogen) atoms. The predicted octanol–water partition coefficient (Wildman–Crippen LogP) is 0.808. The number of nitrogens with zero attached hydrogens (tertiary/aromatic N) is 1. The molecule has 1 aliphatic carbocycles. The van der Waals surface area contributed by atoms with Crippen LogP contribution < -0.4 is 5.73 Å². The van der Waals surface area contributed by atoms with Crippen LogP contribution in [0.3, 0.4) is 0 Å². The first-order valence-electron chi connectivity index (χ1n) is 8.59. The minimum Gasteiger partial charge on any atom is -0.383 e. The maximum atomic E-state index is 14.3. The number of hydrogen-bond donors (Lipinski definition) is 2. The molecule has 2 aliphatic heterocycles. The van der Waals surface area contributed by atoms with E-state index in [9.17, 15) is 23.5 Å². The fraction of sp³-hybridized carbons (Fsp3) is 0.875. The van der Waals surface area contributed by atoms with Crippen LogP contribution >= 0.6 is 0 Å². The van der Waals surface area contributed by atoms with E-state index in [2.05, 4.69) is 0 Å². The van der Waals surface area contributed by atoms with Crippen molar-refractivity contribution in [1.82, 2.24) is 4.90 Å². The smallest absolute Gasteiger partial charge is 0.352 e. The van der Waals surface area contributed by atoms with Gasteiger partial charge in [0.25, 0.3) is 5.91 Å². The van der Waals surface area contributed by atoms with E-state index in [0.717, 1.165) is 11.3 Å². The van der Waals surface area contributed by atoms with E-state index in [1.54, 1.807) is 0 Å². The molecule has 2 amide bonds. The average Bonchev–Trinajstić information content (AvgIpc) is 3.02. The summed E-state index contributed by atoms with van der Waals surface area (Å²) in [6.07, 6.45) is 2.20. The lowest BCUT2D eigenvalue weighted by atomic mass is 9.74. The number of hydrogen-bond acceptors (Lipinski definition) is 4. The molecule has 2 heterocycles. The lowest BCUT2D eigenvalue weighted by Crippen LogP contribution is -2.62. The summed E-state index contributed by atoms with van der Waals surface area (Å²) in [4.78, 5) is 24.4. The number of amides is 2. The molecular weight excluding hydrogens is 322 g/mol. The van der Waals surface area contributed by atoms with Crippen molar-refractivity contribution < 1.29 is 28.2 Å². The molecule has 0 aromatic rings. The number of halogens is 2. The fourth-order valence-electron chi connectivity index (χ4n) is 3.92. The first-order chi connectivity index (χ1) is 11.2. The number of rotatable bonds is 4. The first kappa shape index (κ1) is 17.5. The van der Waals surface area contributed by atoms with Crippen LogP contribution in [0.4, 0.5) is 8.78 Å². The third-order valence-corrected chi connectivity index (χ3v) is 5.76. The van der Waals surface area contributed by atoms with Crippen molar-refractivity contribution in [2.45, 2.75) is 68.7 Å². The molecule has 0 unspecified atom stereocenters. The molecule has 1 saturated carbocycles. The van der Waals surface area contributed by atoms with Crippen LogP contribution in [0, 0.1) is 5.92 Å². The molecule has 2 atom stereocenters. The van der Waals surface area contributed by atoms with Gasteiger partial charge in [0.1, 0.15) is 11.7 Å². The Balaban J connectivity index is 1.54. The number of carbonyl (C=O) groups excluding carboxylic acids is 2. The number of alkyl halides is 2. The second kappa shape index (κ2) is 6.22. The summed E-state index contributed by atoms with van der Waals surface area (Å²) in [5.74, 6) is -5.33. The Labute approximate surface area is 139 Å². The number of primary amides is 1. The Hall–Kier alpha value is -1.28. The normalized spacial score (nSPS) is 30.9. The van der Waals surface area contributed by atoms with Crippen molar-refractivity contribution in [3.05, 3.63) is 0 Å². The summed E-state index contributed by atoms with van der Waals surface area (Å²) in [6, 6.07) is 0. The Morgan fingerprint density at radius 3 is 2.25 bits per heavy atom. The fourth-order valence-corrected chi connectivity index (χ4v) is 3.92. The van der Waals surface area contributed by atoms with Crippen LogP contribution in [0.15, 0.2) is 0 Å². The van der Waals surface area contributed by atoms with E-state index in [4.69, 9.17) is 10.5 Å². The number of ether oxygens (including phenoxy) is 1. The molecule has 0 radical (unpaired) electrons. The summed E-state index contributed by atoms with van der Waals surface area (Å²) in [5, 5.41) is 9.88. The lowest BCUT2D eigenvalue weighted by molar-refractivity contribution is -0.224. The molecule has 8 heteroatoms. The molecule has 2 saturated heterocycles. The highest BCUT2D eigenvalue weighted by Crippen LogP contribution is 2.45. The van der Waals surface area contributed by atoms with Gasteiger partial charge < -0.3 is 20.5 Å². The molecular formula is C16H24F2N2O4. The molecule has 3 aliphatic rings. The number of piperidine rings is 1. The van der Waals surface area contributed by atoms with Crippen molar-refractivity contribution in [3.63, 3.8) is 0 Å². The van der Waals surface area contributed by atoms with E-state index in [-0.39, 0.29) is 38.0 Å². The van der Waals surface area contributed by atoms with Crippen LogP contribution in [-0.4, -0.2) is 58.6 Å². The Kier molecular flexibility index (Phi) is 4.55. The predicted molar refractivity (Wildman–Crippen MR) is 80.1 cm³/mol. The van der Waals surface area contributed by atoms with Gasteiger partial charge in [-0.05, 0) is 50.9 Å². The minimum absolute atomic E-state index is 0.0351. The highest BCUT2D eigenvalue weighted by molar-refractivity contribution is 5.85. The van der Waals surface area contributed by atoms with Crippen LogP contribution in [0.2, 0.25) is 0 Å². The molecule has 6 nitrogen and oxygen atoms in total. The minimum atomic E-state index is -3.72.